The van der Waals surface area contributed by atoms with Crippen LogP contribution in [0.3, 0.4) is 0 Å². The number of hydrogen-bond donors (Lipinski definition) is 2. The van der Waals surface area contributed by atoms with Crippen molar-refractivity contribution < 1.29 is 14.3 Å². The molecule has 0 saturated carbocycles. The van der Waals surface area contributed by atoms with E-state index < -0.39 is 11.8 Å². The third kappa shape index (κ3) is 2.20. The van der Waals surface area contributed by atoms with Gasteiger partial charge in [0.15, 0.2) is 5.82 Å². The average molecular weight is 233 g/mol. The number of nitrogens with two attached hydrogens (primary N) is 1. The molecule has 5 nitrogen and oxygen atoms in total. The molecular formula is C11H8FN3O2. The Morgan fingerprint density at radius 1 is 1.41 bits per heavy atom. The van der Waals surface area contributed by atoms with Gasteiger partial charge in [0, 0.05) is 11.8 Å². The summed E-state index contributed by atoms with van der Waals surface area (Å²) in [6.45, 7) is 0. The predicted molar refractivity (Wildman–Crippen MR) is 58.8 cm³/mol. The summed E-state index contributed by atoms with van der Waals surface area (Å²) in [5.41, 5.74) is 5.73. The van der Waals surface area contributed by atoms with Crippen molar-refractivity contribution in [1.82, 2.24) is 9.97 Å². The number of nitrogens with zero attached hydrogens (tertiary/aromatic N) is 2. The van der Waals surface area contributed by atoms with Crippen LogP contribution in [0.25, 0.3) is 11.4 Å². The summed E-state index contributed by atoms with van der Waals surface area (Å²) in [5.74, 6) is -1.58. The Kier molecular flexibility index (Phi) is 2.70. The van der Waals surface area contributed by atoms with Crippen LogP contribution in [0.4, 0.5) is 10.2 Å². The molecule has 6 heteroatoms. The smallest absolute Gasteiger partial charge is 0.341 e. The number of anilines is 1. The fraction of sp³-hybridized carbons (Fsp3) is 0. The lowest BCUT2D eigenvalue weighted by Gasteiger charge is -2.03. The van der Waals surface area contributed by atoms with Crippen molar-refractivity contribution in [3.8, 4) is 11.4 Å². The van der Waals surface area contributed by atoms with Crippen molar-refractivity contribution in [2.24, 2.45) is 0 Å². The number of hydrogen-bond acceptors (Lipinski definition) is 4. The fourth-order valence-electron chi connectivity index (χ4n) is 1.33. The van der Waals surface area contributed by atoms with E-state index in [0.29, 0.717) is 5.56 Å². The molecule has 0 amide bonds. The molecule has 3 N–H and O–H groups in total. The molecule has 0 saturated heterocycles. The number of carboxylic acid groups (broad SMARTS) is 1. The van der Waals surface area contributed by atoms with E-state index in [2.05, 4.69) is 9.97 Å². The average Bonchev–Trinajstić information content (AvgIpc) is 2.28. The van der Waals surface area contributed by atoms with Crippen molar-refractivity contribution in [1.29, 1.82) is 0 Å². The molecule has 1 aromatic heterocycles. The maximum Gasteiger partial charge on any atom is 0.341 e. The van der Waals surface area contributed by atoms with E-state index in [9.17, 15) is 9.18 Å². The highest BCUT2D eigenvalue weighted by atomic mass is 19.1. The van der Waals surface area contributed by atoms with Gasteiger partial charge in [0.05, 0.1) is 0 Å². The minimum atomic E-state index is -1.20. The highest BCUT2D eigenvalue weighted by Gasteiger charge is 2.11. The standard InChI is InChI=1S/C11H8FN3O2/c12-7-3-1-2-6(4-7)10-14-5-8(11(16)17)9(13)15-10/h1-5H,(H,16,17)(H2,13,14,15). The first-order valence-electron chi connectivity index (χ1n) is 4.69. The summed E-state index contributed by atoms with van der Waals surface area (Å²) >= 11 is 0. The second-order valence-electron chi connectivity index (χ2n) is 3.31. The molecule has 1 aromatic carbocycles. The fourth-order valence-corrected chi connectivity index (χ4v) is 1.33. The van der Waals surface area contributed by atoms with Gasteiger partial charge in [0.1, 0.15) is 17.2 Å². The topological polar surface area (TPSA) is 89.1 Å². The van der Waals surface area contributed by atoms with E-state index in [1.807, 2.05) is 0 Å². The lowest BCUT2D eigenvalue weighted by atomic mass is 10.2. The van der Waals surface area contributed by atoms with Crippen LogP contribution in [0.15, 0.2) is 30.5 Å². The van der Waals surface area contributed by atoms with Gasteiger partial charge < -0.3 is 10.8 Å². The van der Waals surface area contributed by atoms with E-state index in [1.165, 1.54) is 18.2 Å². The molecule has 0 spiro atoms. The highest BCUT2D eigenvalue weighted by molar-refractivity contribution is 5.92. The zero-order chi connectivity index (χ0) is 12.4. The number of rotatable bonds is 2. The summed E-state index contributed by atoms with van der Waals surface area (Å²) in [6.07, 6.45) is 1.10. The van der Waals surface area contributed by atoms with Crippen LogP contribution in [0.5, 0.6) is 0 Å². The molecule has 17 heavy (non-hydrogen) atoms. The number of halogens is 1. The molecule has 0 unspecified atom stereocenters. The first-order valence-corrected chi connectivity index (χ1v) is 4.69. The van der Waals surface area contributed by atoms with Crippen LogP contribution in [0.1, 0.15) is 10.4 Å². The van der Waals surface area contributed by atoms with E-state index in [0.717, 1.165) is 6.20 Å². The Morgan fingerprint density at radius 2 is 2.18 bits per heavy atom. The predicted octanol–water partition coefficient (Wildman–Crippen LogP) is 1.56. The van der Waals surface area contributed by atoms with Crippen molar-refractivity contribution in [3.05, 3.63) is 41.8 Å². The third-order valence-corrected chi connectivity index (χ3v) is 2.13. The first kappa shape index (κ1) is 11.0. The summed E-state index contributed by atoms with van der Waals surface area (Å²) < 4.78 is 13.0. The minimum absolute atomic E-state index is 0.147. The summed E-state index contributed by atoms with van der Waals surface area (Å²) in [4.78, 5) is 18.4. The van der Waals surface area contributed by atoms with Crippen LogP contribution < -0.4 is 5.73 Å². The number of carbonyl (C=O) groups is 1. The number of carboxylic acids is 1. The van der Waals surface area contributed by atoms with Gasteiger partial charge in [-0.1, -0.05) is 12.1 Å². The molecule has 2 aromatic rings. The Bertz CT molecular complexity index is 587. The maximum atomic E-state index is 13.0. The van der Waals surface area contributed by atoms with Crippen LogP contribution in [0.2, 0.25) is 0 Å². The monoisotopic (exact) mass is 233 g/mol. The molecule has 2 rings (SSSR count). The number of aromatic carboxylic acids is 1. The lowest BCUT2D eigenvalue weighted by molar-refractivity contribution is 0.0697. The molecule has 0 aliphatic carbocycles. The van der Waals surface area contributed by atoms with Crippen molar-refractivity contribution in [2.45, 2.75) is 0 Å². The molecule has 0 bridgehead atoms. The Balaban J connectivity index is 2.48. The van der Waals surface area contributed by atoms with Crippen LogP contribution in [-0.2, 0) is 0 Å². The molecule has 0 aliphatic rings. The van der Waals surface area contributed by atoms with Gasteiger partial charge in [-0.15, -0.1) is 0 Å². The van der Waals surface area contributed by atoms with Crippen molar-refractivity contribution in [3.63, 3.8) is 0 Å². The number of nitrogen functional groups attached to an aromatic ring is 1. The van der Waals surface area contributed by atoms with E-state index >= 15 is 0 Å². The van der Waals surface area contributed by atoms with Gasteiger partial charge in [-0.05, 0) is 12.1 Å². The summed E-state index contributed by atoms with van der Waals surface area (Å²) in [5, 5.41) is 8.75. The van der Waals surface area contributed by atoms with Crippen LogP contribution in [-0.4, -0.2) is 21.0 Å². The largest absolute Gasteiger partial charge is 0.477 e. The van der Waals surface area contributed by atoms with Crippen LogP contribution in [0, 0.1) is 5.82 Å². The Morgan fingerprint density at radius 3 is 2.76 bits per heavy atom. The van der Waals surface area contributed by atoms with Gasteiger partial charge >= 0.3 is 5.97 Å². The third-order valence-electron chi connectivity index (χ3n) is 2.13. The zero-order valence-electron chi connectivity index (χ0n) is 8.59. The molecule has 86 valence electrons. The Hall–Kier alpha value is -2.50. The number of aromatic nitrogens is 2. The minimum Gasteiger partial charge on any atom is -0.477 e. The molecule has 1 heterocycles. The zero-order valence-corrected chi connectivity index (χ0v) is 8.59. The van der Waals surface area contributed by atoms with Gasteiger partial charge in [0.2, 0.25) is 0 Å². The van der Waals surface area contributed by atoms with E-state index in [1.54, 1.807) is 6.07 Å². The van der Waals surface area contributed by atoms with Gasteiger partial charge in [-0.3, -0.25) is 0 Å². The Labute approximate surface area is 95.8 Å². The van der Waals surface area contributed by atoms with Crippen LogP contribution >= 0.6 is 0 Å². The highest BCUT2D eigenvalue weighted by Crippen LogP contribution is 2.18. The molecule has 0 atom stereocenters. The summed E-state index contributed by atoms with van der Waals surface area (Å²) in [6, 6.07) is 5.65. The SMILES string of the molecule is Nc1nc(-c2cccc(F)c2)ncc1C(=O)O. The quantitative estimate of drug-likeness (QED) is 0.821. The van der Waals surface area contributed by atoms with E-state index in [4.69, 9.17) is 10.8 Å². The van der Waals surface area contributed by atoms with Gasteiger partial charge in [-0.25, -0.2) is 19.2 Å². The second kappa shape index (κ2) is 4.17. The maximum absolute atomic E-state index is 13.0. The van der Waals surface area contributed by atoms with E-state index in [-0.39, 0.29) is 17.2 Å². The first-order chi connectivity index (χ1) is 8.08. The lowest BCUT2D eigenvalue weighted by Crippen LogP contribution is -2.06. The van der Waals surface area contributed by atoms with Crippen molar-refractivity contribution >= 4 is 11.8 Å². The normalized spacial score (nSPS) is 10.2. The number of benzene rings is 1. The van der Waals surface area contributed by atoms with Gasteiger partial charge in [0.25, 0.3) is 0 Å². The summed E-state index contributed by atoms with van der Waals surface area (Å²) in [7, 11) is 0. The molecule has 0 aliphatic heterocycles. The van der Waals surface area contributed by atoms with Crippen molar-refractivity contribution in [2.75, 3.05) is 5.73 Å². The van der Waals surface area contributed by atoms with Gasteiger partial charge in [-0.2, -0.15) is 0 Å². The molecular weight excluding hydrogens is 225 g/mol. The molecule has 0 fully saturated rings. The second-order valence-corrected chi connectivity index (χ2v) is 3.31. The molecule has 0 radical (unpaired) electrons.